The van der Waals surface area contributed by atoms with Crippen molar-refractivity contribution in [2.24, 2.45) is 7.05 Å². The summed E-state index contributed by atoms with van der Waals surface area (Å²) < 4.78 is 1.66. The van der Waals surface area contributed by atoms with Gasteiger partial charge in [-0.2, -0.15) is 5.26 Å². The van der Waals surface area contributed by atoms with Gasteiger partial charge < -0.3 is 10.2 Å². The van der Waals surface area contributed by atoms with Crippen LogP contribution in [0, 0.1) is 11.3 Å². The van der Waals surface area contributed by atoms with Crippen molar-refractivity contribution < 1.29 is 6.22 Å². The minimum atomic E-state index is -0.132. The molecule has 1 aliphatic carbocycles. The Morgan fingerprint density at radius 1 is 1.23 bits per heavy atom. The number of aromatic nitrogens is 5. The number of hydrogen-bond acceptors (Lipinski definition) is 7. The zero-order chi connectivity index (χ0) is 20.7. The molecule has 3 aromatic rings. The van der Waals surface area contributed by atoms with Crippen molar-refractivity contribution in [3.63, 3.8) is 0 Å². The van der Waals surface area contributed by atoms with Crippen LogP contribution in [0.2, 0.25) is 0 Å². The number of rotatable bonds is 4. The number of pyridine rings is 1. The third-order valence-corrected chi connectivity index (χ3v) is 5.96. The van der Waals surface area contributed by atoms with E-state index < -0.39 is 0 Å². The quantitative estimate of drug-likeness (QED) is 0.709. The average Bonchev–Trinajstić information content (AvgIpc) is 3.53. The molecule has 3 heterocycles. The molecule has 1 amide bonds. The van der Waals surface area contributed by atoms with E-state index in [1.54, 1.807) is 10.9 Å². The van der Waals surface area contributed by atoms with Gasteiger partial charge in [0, 0.05) is 39.2 Å². The fourth-order valence-electron chi connectivity index (χ4n) is 4.13. The largest absolute Gasteiger partial charge is 0.349 e. The van der Waals surface area contributed by atoms with E-state index >= 15 is 0 Å². The summed E-state index contributed by atoms with van der Waals surface area (Å²) in [4.78, 5) is 19.4. The zero-order valence-corrected chi connectivity index (χ0v) is 16.7. The van der Waals surface area contributed by atoms with E-state index in [-0.39, 0.29) is 13.4 Å². The molecule has 9 heteroatoms. The first-order valence-corrected chi connectivity index (χ1v) is 10.2. The molecule has 2 fully saturated rings. The number of anilines is 1. The second-order valence-corrected chi connectivity index (χ2v) is 8.08. The van der Waals surface area contributed by atoms with Gasteiger partial charge in [0.25, 0.3) is 5.91 Å². The Morgan fingerprint density at radius 2 is 2.03 bits per heavy atom. The Kier molecular flexibility index (Phi) is 4.54. The highest BCUT2D eigenvalue weighted by molar-refractivity contribution is 5.97. The topological polar surface area (TPSA) is 113 Å². The number of nitrogens with one attached hydrogen (secondary N) is 1. The number of carbonyl (C=O) groups excluding carboxylic acids is 1. The molecule has 1 N–H and O–H groups in total. The van der Waals surface area contributed by atoms with Crippen LogP contribution >= 0.6 is 0 Å². The van der Waals surface area contributed by atoms with Crippen LogP contribution in [0.25, 0.3) is 10.9 Å². The molecule has 154 valence electrons. The number of carbonyl (C=O) groups is 1. The number of fused-ring (bicyclic) bond motifs is 1. The maximum atomic E-state index is 12.8. The first-order valence-electron chi connectivity index (χ1n) is 10.2. The van der Waals surface area contributed by atoms with Crippen molar-refractivity contribution in [1.82, 2.24) is 30.5 Å². The summed E-state index contributed by atoms with van der Waals surface area (Å²) >= 11 is 0. The van der Waals surface area contributed by atoms with Crippen LogP contribution in [0.5, 0.6) is 0 Å². The van der Waals surface area contributed by atoms with Gasteiger partial charge in [-0.25, -0.2) is 4.68 Å². The van der Waals surface area contributed by atoms with Crippen LogP contribution in [0.15, 0.2) is 24.4 Å². The van der Waals surface area contributed by atoms with Crippen molar-refractivity contribution in [3.05, 3.63) is 41.1 Å². The molecule has 0 radical (unpaired) electrons. The summed E-state index contributed by atoms with van der Waals surface area (Å²) in [6, 6.07) is 8.08. The summed E-state index contributed by atoms with van der Waals surface area (Å²) in [5.41, 5.74) is 3.12. The Morgan fingerprint density at radius 3 is 2.70 bits per heavy atom. The van der Waals surface area contributed by atoms with Crippen molar-refractivity contribution in [3.8, 4) is 6.07 Å². The lowest BCUT2D eigenvalue weighted by Crippen LogP contribution is -2.45. The fraction of sp³-hybridized carbons (Fsp3) is 0.429. The lowest BCUT2D eigenvalue weighted by atomic mass is 10.00. The molecule has 2 aliphatic rings. The molecule has 1 saturated heterocycles. The van der Waals surface area contributed by atoms with E-state index in [2.05, 4.69) is 36.8 Å². The molecule has 0 spiro atoms. The van der Waals surface area contributed by atoms with Crippen LogP contribution < -0.4 is 10.2 Å². The van der Waals surface area contributed by atoms with E-state index in [1.165, 1.54) is 0 Å². The molecule has 0 unspecified atom stereocenters. The molecule has 30 heavy (non-hydrogen) atoms. The fourth-order valence-corrected chi connectivity index (χ4v) is 4.13. The lowest BCUT2D eigenvalue weighted by Gasteiger charge is -2.32. The van der Waals surface area contributed by atoms with Crippen molar-refractivity contribution in [1.29, 1.82) is 5.26 Å². The van der Waals surface area contributed by atoms with E-state index in [4.69, 9.17) is 0 Å². The maximum absolute atomic E-state index is 12.8. The van der Waals surface area contributed by atoms with Crippen molar-refractivity contribution in [2.75, 3.05) is 18.0 Å². The van der Waals surface area contributed by atoms with Gasteiger partial charge in [0.15, 0.2) is 0 Å². The number of aryl methyl sites for hydroxylation is 1. The average molecular weight is 404 g/mol. The number of piperidine rings is 1. The van der Waals surface area contributed by atoms with E-state index in [9.17, 15) is 10.1 Å². The third kappa shape index (κ3) is 3.45. The molecule has 1 aromatic carbocycles. The molecule has 5 rings (SSSR count). The lowest BCUT2D eigenvalue weighted by molar-refractivity contribution is 0.0931. The van der Waals surface area contributed by atoms with Gasteiger partial charge in [-0.1, -0.05) is 5.10 Å². The van der Waals surface area contributed by atoms with E-state index in [1.807, 2.05) is 25.2 Å². The second-order valence-electron chi connectivity index (χ2n) is 8.08. The number of benzene rings is 1. The van der Waals surface area contributed by atoms with Gasteiger partial charge in [-0.3, -0.25) is 9.78 Å². The second kappa shape index (κ2) is 7.37. The summed E-state index contributed by atoms with van der Waals surface area (Å²) in [5, 5.41) is 25.0. The normalized spacial score (nSPS) is 17.1. The molecular formula is C21H24N8O. The van der Waals surface area contributed by atoms with Gasteiger partial charge in [0.05, 0.1) is 22.7 Å². The third-order valence-electron chi connectivity index (χ3n) is 5.96. The predicted molar refractivity (Wildman–Crippen MR) is 112 cm³/mol. The minimum absolute atomic E-state index is 0. The van der Waals surface area contributed by atoms with Gasteiger partial charge in [-0.05, 0) is 65.8 Å². The summed E-state index contributed by atoms with van der Waals surface area (Å²) in [5.74, 6) is 1.10. The molecule has 1 aliphatic heterocycles. The first-order chi connectivity index (χ1) is 14.6. The highest BCUT2D eigenvalue weighted by atomic mass is 16.1. The van der Waals surface area contributed by atoms with Crippen molar-refractivity contribution in [2.45, 2.75) is 37.6 Å². The Labute approximate surface area is 175 Å². The Bertz CT molecular complexity index is 1160. The highest BCUT2D eigenvalue weighted by Gasteiger charge is 2.27. The molecule has 2 aromatic heterocycles. The predicted octanol–water partition coefficient (Wildman–Crippen LogP) is 2.15. The number of nitrogens with zero attached hydrogens (tertiary/aromatic N) is 7. The van der Waals surface area contributed by atoms with Gasteiger partial charge >= 0.3 is 0 Å². The zero-order valence-electron chi connectivity index (χ0n) is 16.7. The standard InChI is InChI=1S/C21H22N8O.H2/c1-28-21(25-26-27-28)29-6-4-17(5-7-29)24-20(30)16-9-14-8-15(11-22)18(13-2-3-13)10-19(14)23-12-16;/h8-10,12-13,17H,2-7H2,1H3,(H,24,30);1H. The van der Waals surface area contributed by atoms with Crippen molar-refractivity contribution >= 4 is 22.8 Å². The number of nitriles is 1. The van der Waals surface area contributed by atoms with Gasteiger partial charge in [0.2, 0.25) is 5.95 Å². The summed E-state index contributed by atoms with van der Waals surface area (Å²) in [7, 11) is 1.82. The first kappa shape index (κ1) is 18.5. The molecule has 1 saturated carbocycles. The van der Waals surface area contributed by atoms with Gasteiger partial charge in [0.1, 0.15) is 0 Å². The molecule has 0 atom stereocenters. The Balaban J connectivity index is 0.00000231. The maximum Gasteiger partial charge on any atom is 0.253 e. The molecule has 0 bridgehead atoms. The van der Waals surface area contributed by atoms with E-state index in [0.29, 0.717) is 17.0 Å². The molecule has 9 nitrogen and oxygen atoms in total. The van der Waals surface area contributed by atoms with Crippen LogP contribution in [0.1, 0.15) is 54.5 Å². The Hall–Kier alpha value is -3.54. The summed E-state index contributed by atoms with van der Waals surface area (Å²) in [6.07, 6.45) is 5.53. The highest BCUT2D eigenvalue weighted by Crippen LogP contribution is 2.42. The number of amides is 1. The smallest absolute Gasteiger partial charge is 0.253 e. The monoisotopic (exact) mass is 404 g/mol. The van der Waals surface area contributed by atoms with Crippen LogP contribution in [0.3, 0.4) is 0 Å². The minimum Gasteiger partial charge on any atom is -0.349 e. The number of tetrazole rings is 1. The number of hydrogen-bond donors (Lipinski definition) is 1. The molecular weight excluding hydrogens is 380 g/mol. The van der Waals surface area contributed by atoms with Gasteiger partial charge in [-0.15, -0.1) is 0 Å². The van der Waals surface area contributed by atoms with E-state index in [0.717, 1.165) is 61.2 Å². The summed E-state index contributed by atoms with van der Waals surface area (Å²) in [6.45, 7) is 1.56. The van der Waals surface area contributed by atoms with Crippen LogP contribution in [-0.2, 0) is 7.05 Å². The van der Waals surface area contributed by atoms with Crippen LogP contribution in [0.4, 0.5) is 5.95 Å². The SMILES string of the molecule is Cn1nnnc1N1CCC(NC(=O)c2cnc3cc(C4CC4)c(C#N)cc3c2)CC1.[HH]. The van der Waals surface area contributed by atoms with Crippen LogP contribution in [-0.4, -0.2) is 50.2 Å².